The van der Waals surface area contributed by atoms with Crippen molar-refractivity contribution in [1.82, 2.24) is 20.2 Å². The van der Waals surface area contributed by atoms with E-state index < -0.39 is 91.1 Å². The molecule has 0 bridgehead atoms. The Hall–Kier alpha value is -2.78. The molecule has 18 nitrogen and oxygen atoms in total. The molecule has 2 aliphatic rings. The summed E-state index contributed by atoms with van der Waals surface area (Å²) in [7, 11) is 0. The van der Waals surface area contributed by atoms with E-state index in [0.29, 0.717) is 19.4 Å². The molecule has 1 aromatic rings. The molecule has 3 rings (SSSR count). The summed E-state index contributed by atoms with van der Waals surface area (Å²) in [6.07, 6.45) is -6.82. The Morgan fingerprint density at radius 2 is 1.81 bits per heavy atom. The second-order valence-electron chi connectivity index (χ2n) is 10.7. The van der Waals surface area contributed by atoms with Gasteiger partial charge in [0.1, 0.15) is 48.9 Å². The Labute approximate surface area is 241 Å². The minimum Gasteiger partial charge on any atom is -0.389 e. The first-order valence-corrected chi connectivity index (χ1v) is 13.7. The second-order valence-corrected chi connectivity index (χ2v) is 10.7. The van der Waals surface area contributed by atoms with Gasteiger partial charge in [0.15, 0.2) is 6.29 Å². The molecular formula is C24H43N9O9. The molecule has 1 saturated heterocycles. The summed E-state index contributed by atoms with van der Waals surface area (Å²) in [4.78, 5) is 41.2. The summed E-state index contributed by atoms with van der Waals surface area (Å²) in [5.74, 6) is -1.26. The number of anilines is 1. The highest BCUT2D eigenvalue weighted by molar-refractivity contribution is 5.87. The first-order valence-electron chi connectivity index (χ1n) is 13.7. The van der Waals surface area contributed by atoms with E-state index in [-0.39, 0.29) is 25.2 Å². The minimum absolute atomic E-state index is 0.00100. The molecule has 238 valence electrons. The van der Waals surface area contributed by atoms with Gasteiger partial charge < -0.3 is 69.2 Å². The van der Waals surface area contributed by atoms with Gasteiger partial charge in [-0.25, -0.2) is 4.79 Å². The molecule has 11 atom stereocenters. The van der Waals surface area contributed by atoms with Crippen LogP contribution in [-0.4, -0.2) is 122 Å². The smallest absolute Gasteiger partial charge is 0.349 e. The summed E-state index contributed by atoms with van der Waals surface area (Å²) in [6, 6.07) is -2.48. The van der Waals surface area contributed by atoms with Gasteiger partial charge in [-0.1, -0.05) is 0 Å². The van der Waals surface area contributed by atoms with E-state index in [1.54, 1.807) is 0 Å². The maximum Gasteiger partial charge on any atom is 0.349 e. The highest BCUT2D eigenvalue weighted by Gasteiger charge is 2.48. The van der Waals surface area contributed by atoms with Crippen LogP contribution in [0.4, 0.5) is 5.82 Å². The molecule has 2 fully saturated rings. The van der Waals surface area contributed by atoms with E-state index in [4.69, 9.17) is 38.1 Å². The number of hydrogen-bond acceptors (Lipinski definition) is 15. The number of carbonyl (C=O) groups is 2. The lowest BCUT2D eigenvalue weighted by atomic mass is 9.84. The Bertz CT molecular complexity index is 1110. The van der Waals surface area contributed by atoms with Crippen LogP contribution in [0.3, 0.4) is 0 Å². The van der Waals surface area contributed by atoms with Crippen LogP contribution in [-0.2, 0) is 25.6 Å². The summed E-state index contributed by atoms with van der Waals surface area (Å²) in [5.41, 5.74) is 28.1. The van der Waals surface area contributed by atoms with E-state index >= 15 is 0 Å². The Morgan fingerprint density at radius 1 is 1.10 bits per heavy atom. The number of nitrogens with one attached hydrogen (secondary N) is 2. The Balaban J connectivity index is 1.63. The van der Waals surface area contributed by atoms with Gasteiger partial charge in [-0.15, -0.1) is 0 Å². The predicted octanol–water partition coefficient (Wildman–Crippen LogP) is -6.51. The molecule has 16 N–H and O–H groups in total. The van der Waals surface area contributed by atoms with Gasteiger partial charge in [0.05, 0.1) is 12.1 Å². The highest BCUT2D eigenvalue weighted by Crippen LogP contribution is 2.27. The monoisotopic (exact) mass is 601 g/mol. The maximum atomic E-state index is 13.1. The number of nitrogen functional groups attached to an aromatic ring is 1. The van der Waals surface area contributed by atoms with Gasteiger partial charge in [-0.2, -0.15) is 4.98 Å². The average Bonchev–Trinajstić information content (AvgIpc) is 2.94. The second kappa shape index (κ2) is 15.1. The third-order valence-corrected chi connectivity index (χ3v) is 7.42. The van der Waals surface area contributed by atoms with Crippen molar-refractivity contribution >= 4 is 17.6 Å². The number of aliphatic hydroxyl groups excluding tert-OH is 4. The molecule has 0 spiro atoms. The van der Waals surface area contributed by atoms with Gasteiger partial charge in [-0.3, -0.25) is 14.2 Å². The van der Waals surface area contributed by atoms with Crippen molar-refractivity contribution in [2.45, 2.75) is 99.3 Å². The molecule has 2 amide bonds. The van der Waals surface area contributed by atoms with Crippen LogP contribution in [0.2, 0.25) is 0 Å². The molecule has 42 heavy (non-hydrogen) atoms. The largest absolute Gasteiger partial charge is 0.389 e. The van der Waals surface area contributed by atoms with Crippen LogP contribution in [0.25, 0.3) is 0 Å². The van der Waals surface area contributed by atoms with E-state index in [1.807, 2.05) is 0 Å². The number of nitrogens with zero attached hydrogens (tertiary/aromatic N) is 2. The zero-order valence-electron chi connectivity index (χ0n) is 23.1. The lowest BCUT2D eigenvalue weighted by Gasteiger charge is -2.46. The van der Waals surface area contributed by atoms with Crippen LogP contribution < -0.4 is 45.0 Å². The van der Waals surface area contributed by atoms with Gasteiger partial charge in [-0.05, 0) is 38.3 Å². The number of nitrogens with two attached hydrogens (primary N) is 5. The zero-order valence-corrected chi connectivity index (χ0v) is 23.1. The topological polar surface area (TPSA) is 323 Å². The SMILES string of the molecule is NCCCCC(NC(=O)Cn1ccc(N)nc1=O)C(=O)NC[C@H]1OC(OC2[C@@H](N)C[C@@H](N)[C@H](O)[C@H]2O)[C@H](N)[C@@H](O)[C@@H]1O. The molecule has 1 aliphatic carbocycles. The van der Waals surface area contributed by atoms with Crippen LogP contribution in [0, 0.1) is 0 Å². The third kappa shape index (κ3) is 8.40. The number of unbranched alkanes of at least 4 members (excludes halogenated alkanes) is 1. The molecule has 18 heteroatoms. The quantitative estimate of drug-likeness (QED) is 0.0992. The number of aliphatic hydroxyl groups is 4. The predicted molar refractivity (Wildman–Crippen MR) is 147 cm³/mol. The third-order valence-electron chi connectivity index (χ3n) is 7.42. The molecule has 0 aromatic carbocycles. The molecule has 3 unspecified atom stereocenters. The Kier molecular flexibility index (Phi) is 12.1. The average molecular weight is 602 g/mol. The van der Waals surface area contributed by atoms with Crippen LogP contribution in [0.1, 0.15) is 25.7 Å². The lowest BCUT2D eigenvalue weighted by Crippen LogP contribution is -2.67. The van der Waals surface area contributed by atoms with E-state index in [2.05, 4.69) is 15.6 Å². The zero-order chi connectivity index (χ0) is 31.1. The first kappa shape index (κ1) is 33.7. The lowest BCUT2D eigenvalue weighted by molar-refractivity contribution is -0.288. The molecule has 1 aliphatic heterocycles. The Morgan fingerprint density at radius 3 is 2.48 bits per heavy atom. The molecule has 1 saturated carbocycles. The molecule has 0 radical (unpaired) electrons. The van der Waals surface area contributed by atoms with E-state index in [1.165, 1.54) is 12.3 Å². The van der Waals surface area contributed by atoms with Crippen molar-refractivity contribution in [3.63, 3.8) is 0 Å². The van der Waals surface area contributed by atoms with Crippen LogP contribution in [0.5, 0.6) is 0 Å². The van der Waals surface area contributed by atoms with Crippen LogP contribution in [0.15, 0.2) is 17.1 Å². The number of aromatic nitrogens is 2. The van der Waals surface area contributed by atoms with Crippen LogP contribution >= 0.6 is 0 Å². The number of rotatable bonds is 12. The maximum absolute atomic E-state index is 13.1. The fraction of sp³-hybridized carbons (Fsp3) is 0.750. The normalized spacial score (nSPS) is 34.0. The standard InChI is InChI=1S/C24H43N9O9/c25-5-2-1-3-12(31-15(34)9-33-6-4-14(28)32-24(33)40)22(39)30-8-13-18(36)19(37)16(29)23(41-13)42-21-11(27)7-10(26)17(35)20(21)38/h4,6,10-13,16-21,23,35-38H,1-3,5,7-9,25-27,29H2,(H,30,39)(H,31,34)(H2,28,32,40)/t10-,11+,12?,13-,16-,17+,18-,19-,20-,21?,23?/m1/s1. The van der Waals surface area contributed by atoms with Gasteiger partial charge in [0.25, 0.3) is 0 Å². The van der Waals surface area contributed by atoms with Gasteiger partial charge in [0.2, 0.25) is 11.8 Å². The summed E-state index contributed by atoms with van der Waals surface area (Å²) in [6.45, 7) is -0.352. The fourth-order valence-electron chi connectivity index (χ4n) is 4.91. The minimum atomic E-state index is -1.54. The van der Waals surface area contributed by atoms with Gasteiger partial charge >= 0.3 is 5.69 Å². The highest BCUT2D eigenvalue weighted by atomic mass is 16.7. The van der Waals surface area contributed by atoms with E-state index in [0.717, 1.165) is 4.57 Å². The number of carbonyl (C=O) groups excluding carboxylic acids is 2. The van der Waals surface area contributed by atoms with E-state index in [9.17, 15) is 34.8 Å². The first-order chi connectivity index (χ1) is 19.8. The fourth-order valence-corrected chi connectivity index (χ4v) is 4.91. The summed E-state index contributed by atoms with van der Waals surface area (Å²) < 4.78 is 12.5. The van der Waals surface area contributed by atoms with Gasteiger partial charge in [0, 0.05) is 24.8 Å². The van der Waals surface area contributed by atoms with Crippen molar-refractivity contribution < 1.29 is 39.5 Å². The van der Waals surface area contributed by atoms with Crippen molar-refractivity contribution in [3.05, 3.63) is 22.7 Å². The molecule has 1 aromatic heterocycles. The summed E-state index contributed by atoms with van der Waals surface area (Å²) >= 11 is 0. The number of hydrogen-bond donors (Lipinski definition) is 11. The number of ether oxygens (including phenoxy) is 2. The molecular weight excluding hydrogens is 558 g/mol. The van der Waals surface area contributed by atoms with Crippen molar-refractivity contribution in [2.75, 3.05) is 18.8 Å². The van der Waals surface area contributed by atoms with Crippen molar-refractivity contribution in [3.8, 4) is 0 Å². The van der Waals surface area contributed by atoms with Crippen molar-refractivity contribution in [2.24, 2.45) is 22.9 Å². The molecule has 2 heterocycles. The summed E-state index contributed by atoms with van der Waals surface area (Å²) in [5, 5.41) is 46.8. The van der Waals surface area contributed by atoms with Crippen molar-refractivity contribution in [1.29, 1.82) is 0 Å². The number of amides is 2.